The van der Waals surface area contributed by atoms with Gasteiger partial charge in [-0.05, 0) is 51.2 Å². The van der Waals surface area contributed by atoms with Crippen molar-refractivity contribution in [1.29, 1.82) is 0 Å². The monoisotopic (exact) mass is 654 g/mol. The third kappa shape index (κ3) is 9.57. The van der Waals surface area contributed by atoms with E-state index < -0.39 is 0 Å². The van der Waals surface area contributed by atoms with E-state index in [4.69, 9.17) is 4.98 Å². The first kappa shape index (κ1) is 31.1. The zero-order chi connectivity index (χ0) is 25.6. The number of aromatic nitrogens is 2. The molecule has 2 atom stereocenters. The molecular weight excluding hydrogens is 613 g/mol. The summed E-state index contributed by atoms with van der Waals surface area (Å²) in [7, 11) is 0. The molecule has 0 amide bonds. The predicted octanol–water partition coefficient (Wildman–Crippen LogP) is 6.56. The Labute approximate surface area is 225 Å². The van der Waals surface area contributed by atoms with Crippen LogP contribution in [0.1, 0.15) is 62.1 Å². The summed E-state index contributed by atoms with van der Waals surface area (Å²) in [5.41, 5.74) is 9.72. The molecule has 35 heavy (non-hydrogen) atoms. The van der Waals surface area contributed by atoms with Gasteiger partial charge in [0.25, 0.3) is 0 Å². The van der Waals surface area contributed by atoms with Gasteiger partial charge in [0.1, 0.15) is 0 Å². The molecule has 0 saturated carbocycles. The van der Waals surface area contributed by atoms with Crippen molar-refractivity contribution in [2.24, 2.45) is 11.8 Å². The topological polar surface area (TPSA) is 66.2 Å². The number of aliphatic hydroxyl groups is 2. The van der Waals surface area contributed by atoms with Gasteiger partial charge in [0.05, 0.1) is 17.9 Å². The molecule has 193 valence electrons. The first-order valence-electron chi connectivity index (χ1n) is 12.2. The van der Waals surface area contributed by atoms with Crippen LogP contribution in [0.15, 0.2) is 36.5 Å². The predicted molar refractivity (Wildman–Crippen MR) is 142 cm³/mol. The van der Waals surface area contributed by atoms with E-state index in [9.17, 15) is 10.2 Å². The van der Waals surface area contributed by atoms with Crippen molar-refractivity contribution in [2.45, 2.75) is 80.9 Å². The van der Waals surface area contributed by atoms with E-state index in [1.165, 1.54) is 16.7 Å². The van der Waals surface area contributed by atoms with Gasteiger partial charge in [0, 0.05) is 43.3 Å². The third-order valence-corrected chi connectivity index (χ3v) is 5.89. The van der Waals surface area contributed by atoms with Crippen LogP contribution in [0.25, 0.3) is 22.5 Å². The Balaban J connectivity index is 0.000000437. The molecule has 0 fully saturated rings. The second-order valence-electron chi connectivity index (χ2n) is 10.2. The summed E-state index contributed by atoms with van der Waals surface area (Å²) in [6.07, 6.45) is 1.62. The smallest absolute Gasteiger partial charge is 0.0869 e. The molecule has 1 aromatic heterocycles. The molecule has 2 unspecified atom stereocenters. The molecule has 1 heterocycles. The number of nitrogens with zero attached hydrogens (tertiary/aromatic N) is 2. The van der Waals surface area contributed by atoms with Crippen LogP contribution >= 0.6 is 0 Å². The molecule has 1 radical (unpaired) electrons. The van der Waals surface area contributed by atoms with Crippen molar-refractivity contribution in [3.8, 4) is 22.5 Å². The van der Waals surface area contributed by atoms with Gasteiger partial charge >= 0.3 is 0 Å². The van der Waals surface area contributed by atoms with Gasteiger partial charge in [0.2, 0.25) is 0 Å². The minimum Gasteiger partial charge on any atom is -0.393 e. The second kappa shape index (κ2) is 14.0. The van der Waals surface area contributed by atoms with Crippen molar-refractivity contribution in [3.05, 3.63) is 70.5 Å². The number of aliphatic hydroxyl groups excluding tert-OH is 2. The zero-order valence-electron chi connectivity index (χ0n) is 22.6. The van der Waals surface area contributed by atoms with Gasteiger partial charge in [-0.1, -0.05) is 58.7 Å². The molecule has 0 saturated heterocycles. The van der Waals surface area contributed by atoms with Crippen LogP contribution in [0.5, 0.6) is 0 Å². The number of rotatable bonds is 6. The maximum Gasteiger partial charge on any atom is 0.0869 e. The van der Waals surface area contributed by atoms with Crippen molar-refractivity contribution < 1.29 is 30.3 Å². The molecule has 0 aliphatic rings. The van der Waals surface area contributed by atoms with E-state index in [0.29, 0.717) is 6.42 Å². The molecule has 3 aromatic rings. The van der Waals surface area contributed by atoms with Crippen LogP contribution in [0.4, 0.5) is 0 Å². The van der Waals surface area contributed by atoms with Gasteiger partial charge in [-0.3, -0.25) is 4.98 Å². The summed E-state index contributed by atoms with van der Waals surface area (Å²) >= 11 is 0. The van der Waals surface area contributed by atoms with Gasteiger partial charge in [0.15, 0.2) is 0 Å². The van der Waals surface area contributed by atoms with Crippen LogP contribution in [0.2, 0.25) is 0 Å². The molecule has 0 aliphatic heterocycles. The van der Waals surface area contributed by atoms with Gasteiger partial charge in [-0.2, -0.15) is 0 Å². The van der Waals surface area contributed by atoms with Crippen LogP contribution in [-0.4, -0.2) is 32.4 Å². The average molecular weight is 654 g/mol. The van der Waals surface area contributed by atoms with Gasteiger partial charge < -0.3 is 15.2 Å². The van der Waals surface area contributed by atoms with Gasteiger partial charge in [-0.15, -0.1) is 34.9 Å². The molecule has 2 aromatic carbocycles. The Hall–Kier alpha value is -1.91. The number of hydrogen-bond acceptors (Lipinski definition) is 4. The van der Waals surface area contributed by atoms with E-state index in [0.717, 1.165) is 33.8 Å². The number of aryl methyl sites for hydroxylation is 5. The Morgan fingerprint density at radius 3 is 1.74 bits per heavy atom. The molecule has 0 bridgehead atoms. The van der Waals surface area contributed by atoms with Gasteiger partial charge in [-0.25, -0.2) is 0 Å². The molecule has 4 nitrogen and oxygen atoms in total. The van der Waals surface area contributed by atoms with Crippen LogP contribution in [0, 0.1) is 52.5 Å². The van der Waals surface area contributed by atoms with E-state index >= 15 is 0 Å². The summed E-state index contributed by atoms with van der Waals surface area (Å²) in [6, 6.07) is 14.1. The number of benzene rings is 2. The molecule has 0 aliphatic carbocycles. The second-order valence-corrected chi connectivity index (χ2v) is 10.2. The van der Waals surface area contributed by atoms with Crippen molar-refractivity contribution in [2.75, 3.05) is 0 Å². The average Bonchev–Trinajstić information content (AvgIpc) is 2.72. The summed E-state index contributed by atoms with van der Waals surface area (Å²) in [5.74, 6) is 0.479. The van der Waals surface area contributed by atoms with Crippen molar-refractivity contribution in [3.63, 3.8) is 0 Å². The van der Waals surface area contributed by atoms with E-state index in [2.05, 4.69) is 69.1 Å². The Kier molecular flexibility index (Phi) is 12.4. The maximum atomic E-state index is 9.39. The molecular formula is C30H41IrN2O2-. The first-order valence-corrected chi connectivity index (χ1v) is 12.2. The Morgan fingerprint density at radius 2 is 1.29 bits per heavy atom. The molecule has 2 N–H and O–H groups in total. The minimum absolute atomic E-state index is 0. The Morgan fingerprint density at radius 1 is 0.771 bits per heavy atom. The van der Waals surface area contributed by atoms with Crippen LogP contribution in [-0.2, 0) is 20.1 Å². The van der Waals surface area contributed by atoms with E-state index in [1.807, 2.05) is 40.8 Å². The van der Waals surface area contributed by atoms with E-state index in [1.54, 1.807) is 0 Å². The fourth-order valence-electron chi connectivity index (χ4n) is 3.82. The van der Waals surface area contributed by atoms with Crippen LogP contribution in [0.3, 0.4) is 0 Å². The normalized spacial score (nSPS) is 12.6. The summed E-state index contributed by atoms with van der Waals surface area (Å²) in [5, 5.41) is 18.8. The Bertz CT molecular complexity index is 1040. The quantitative estimate of drug-likeness (QED) is 0.296. The van der Waals surface area contributed by atoms with Crippen molar-refractivity contribution in [1.82, 2.24) is 9.97 Å². The SMILES string of the molecule is CC(C)C(O)CC(O)C(C)C.Cc1[c-]c(-c2ncc(-c3cc(C)cc(C)c3)nc2C)cc(C)c1.[Ir]. The first-order chi connectivity index (χ1) is 15.9. The summed E-state index contributed by atoms with van der Waals surface area (Å²) < 4.78 is 0. The van der Waals surface area contributed by atoms with Crippen molar-refractivity contribution >= 4 is 0 Å². The molecule has 0 spiro atoms. The maximum absolute atomic E-state index is 9.39. The minimum atomic E-state index is -0.368. The fourth-order valence-corrected chi connectivity index (χ4v) is 3.82. The van der Waals surface area contributed by atoms with Crippen LogP contribution < -0.4 is 0 Å². The van der Waals surface area contributed by atoms with E-state index in [-0.39, 0.29) is 44.1 Å². The summed E-state index contributed by atoms with van der Waals surface area (Å²) in [6.45, 7) is 18.2. The number of hydrogen-bond donors (Lipinski definition) is 2. The summed E-state index contributed by atoms with van der Waals surface area (Å²) in [4.78, 5) is 9.45. The molecule has 3 rings (SSSR count). The standard InChI is InChI=1S/C21H21N2.C9H20O2.Ir/c1-13-6-14(2)9-18(8-13)20-12-22-21(17(5)23-20)19-10-15(3)7-16(4)11-19;1-6(2)8(10)5-9(11)7(3)4;/h6-10,12H,1-5H3;6-11H,5H2,1-4H3;/q-1;;. The zero-order valence-corrected chi connectivity index (χ0v) is 25.0. The fraction of sp³-hybridized carbons (Fsp3) is 0.467. The largest absolute Gasteiger partial charge is 0.393 e. The third-order valence-electron chi connectivity index (χ3n) is 5.89. The molecule has 5 heteroatoms.